The summed E-state index contributed by atoms with van der Waals surface area (Å²) in [7, 11) is -0.738. The highest BCUT2D eigenvalue weighted by Crippen LogP contribution is 2.32. The first-order valence-electron chi connectivity index (χ1n) is 4.97. The second-order valence-corrected chi connectivity index (χ2v) is 9.38. The third-order valence-electron chi connectivity index (χ3n) is 3.05. The van der Waals surface area contributed by atoms with Crippen LogP contribution in [-0.4, -0.2) is 20.1 Å². The average molecular weight is 189 g/mol. The van der Waals surface area contributed by atoms with E-state index in [1.165, 1.54) is 31.7 Å². The van der Waals surface area contributed by atoms with Crippen LogP contribution in [0.4, 0.5) is 0 Å². The first-order chi connectivity index (χ1) is 5.27. The molecule has 1 saturated heterocycles. The van der Waals surface area contributed by atoms with E-state index >= 15 is 0 Å². The van der Waals surface area contributed by atoms with Crippen LogP contribution >= 0.6 is 0 Å². The maximum atomic E-state index is 5.53. The van der Waals surface area contributed by atoms with Gasteiger partial charge in [-0.2, -0.15) is 0 Å². The molecule has 1 heterocycles. The Kier molecular flexibility index (Phi) is 5.79. The smallest absolute Gasteiger partial charge is 0.0505 e. The summed E-state index contributed by atoms with van der Waals surface area (Å²) in [5.41, 5.74) is 5.53. The van der Waals surface area contributed by atoms with Crippen molar-refractivity contribution in [1.29, 1.82) is 0 Å². The molecule has 0 aromatic heterocycles. The van der Waals surface area contributed by atoms with Crippen molar-refractivity contribution in [2.75, 3.05) is 6.54 Å². The molecular formula is C9H23NOSi. The van der Waals surface area contributed by atoms with Crippen molar-refractivity contribution in [1.82, 2.24) is 0 Å². The molecule has 12 heavy (non-hydrogen) atoms. The molecule has 0 atom stereocenters. The summed E-state index contributed by atoms with van der Waals surface area (Å²) >= 11 is 0. The minimum atomic E-state index is -0.738. The zero-order valence-electron chi connectivity index (χ0n) is 8.23. The lowest BCUT2D eigenvalue weighted by Gasteiger charge is -2.31. The van der Waals surface area contributed by atoms with Gasteiger partial charge in [0.2, 0.25) is 0 Å². The molecule has 0 spiro atoms. The molecule has 0 aliphatic carbocycles. The molecule has 3 heteroatoms. The molecule has 0 bridgehead atoms. The van der Waals surface area contributed by atoms with Crippen LogP contribution < -0.4 is 5.73 Å². The van der Waals surface area contributed by atoms with E-state index in [2.05, 4.69) is 6.55 Å². The van der Waals surface area contributed by atoms with Gasteiger partial charge in [-0.1, -0.05) is 43.9 Å². The van der Waals surface area contributed by atoms with E-state index < -0.39 is 8.07 Å². The van der Waals surface area contributed by atoms with Crippen LogP contribution in [0, 0.1) is 0 Å². The van der Waals surface area contributed by atoms with Crippen LogP contribution in [0.15, 0.2) is 0 Å². The van der Waals surface area contributed by atoms with Crippen molar-refractivity contribution >= 4 is 8.07 Å². The summed E-state index contributed by atoms with van der Waals surface area (Å²) in [6.45, 7) is 3.48. The Morgan fingerprint density at radius 1 is 1.17 bits per heavy atom. The van der Waals surface area contributed by atoms with Gasteiger partial charge in [0.15, 0.2) is 0 Å². The number of rotatable bonds is 3. The fourth-order valence-electron chi connectivity index (χ4n) is 2.18. The van der Waals surface area contributed by atoms with Crippen molar-refractivity contribution in [2.24, 2.45) is 5.73 Å². The van der Waals surface area contributed by atoms with Gasteiger partial charge < -0.3 is 11.2 Å². The maximum absolute atomic E-state index is 5.53. The SMILES string of the molecule is C[Si]1(CCCN)CCCCC1.O. The topological polar surface area (TPSA) is 57.5 Å². The third kappa shape index (κ3) is 3.69. The molecule has 74 valence electrons. The van der Waals surface area contributed by atoms with Crippen LogP contribution in [0.5, 0.6) is 0 Å². The summed E-state index contributed by atoms with van der Waals surface area (Å²) in [6.07, 6.45) is 5.79. The van der Waals surface area contributed by atoms with E-state index in [1.54, 1.807) is 12.1 Å². The van der Waals surface area contributed by atoms with Gasteiger partial charge in [0, 0.05) is 0 Å². The van der Waals surface area contributed by atoms with Crippen LogP contribution in [0.3, 0.4) is 0 Å². The molecule has 0 amide bonds. The summed E-state index contributed by atoms with van der Waals surface area (Å²) in [4.78, 5) is 0. The molecule has 0 unspecified atom stereocenters. The van der Waals surface area contributed by atoms with Crippen LogP contribution in [0.2, 0.25) is 24.7 Å². The standard InChI is InChI=1S/C9H21NSi.H2O/c1-11(9-5-6-10)7-3-2-4-8-11;/h2-10H2,1H3;1H2. The van der Waals surface area contributed by atoms with Crippen molar-refractivity contribution in [3.8, 4) is 0 Å². The Morgan fingerprint density at radius 2 is 1.75 bits per heavy atom. The fraction of sp³-hybridized carbons (Fsp3) is 1.00. The Labute approximate surface area is 76.9 Å². The number of nitrogens with two attached hydrogens (primary N) is 1. The van der Waals surface area contributed by atoms with Crippen molar-refractivity contribution in [3.05, 3.63) is 0 Å². The Hall–Kier alpha value is 0.137. The second kappa shape index (κ2) is 5.73. The van der Waals surface area contributed by atoms with E-state index in [4.69, 9.17) is 5.73 Å². The van der Waals surface area contributed by atoms with E-state index in [1.807, 2.05) is 0 Å². The van der Waals surface area contributed by atoms with E-state index in [9.17, 15) is 0 Å². The highest BCUT2D eigenvalue weighted by molar-refractivity contribution is 6.78. The van der Waals surface area contributed by atoms with Crippen molar-refractivity contribution in [2.45, 2.75) is 50.4 Å². The predicted octanol–water partition coefficient (Wildman–Crippen LogP) is 1.77. The molecule has 1 fully saturated rings. The first kappa shape index (κ1) is 12.1. The number of hydrogen-bond acceptors (Lipinski definition) is 1. The molecule has 1 rings (SSSR count). The highest BCUT2D eigenvalue weighted by Gasteiger charge is 2.27. The molecule has 4 N–H and O–H groups in total. The summed E-state index contributed by atoms with van der Waals surface area (Å²) in [5, 5.41) is 0. The van der Waals surface area contributed by atoms with Gasteiger partial charge in [-0.3, -0.25) is 0 Å². The lowest BCUT2D eigenvalue weighted by Crippen LogP contribution is -2.32. The maximum Gasteiger partial charge on any atom is 0.0505 e. The molecular weight excluding hydrogens is 166 g/mol. The molecule has 0 aromatic carbocycles. The molecule has 1 aliphatic heterocycles. The zero-order valence-corrected chi connectivity index (χ0v) is 9.23. The van der Waals surface area contributed by atoms with Crippen molar-refractivity contribution in [3.63, 3.8) is 0 Å². The van der Waals surface area contributed by atoms with Crippen LogP contribution in [0.1, 0.15) is 25.7 Å². The molecule has 0 aromatic rings. The van der Waals surface area contributed by atoms with E-state index in [0.717, 1.165) is 6.54 Å². The van der Waals surface area contributed by atoms with E-state index in [-0.39, 0.29) is 5.48 Å². The summed E-state index contributed by atoms with van der Waals surface area (Å²) < 4.78 is 0. The summed E-state index contributed by atoms with van der Waals surface area (Å²) in [6, 6.07) is 4.64. The van der Waals surface area contributed by atoms with Gasteiger partial charge in [0.1, 0.15) is 0 Å². The first-order valence-corrected chi connectivity index (χ1v) is 8.09. The molecule has 0 radical (unpaired) electrons. The van der Waals surface area contributed by atoms with E-state index in [0.29, 0.717) is 0 Å². The van der Waals surface area contributed by atoms with Gasteiger partial charge >= 0.3 is 0 Å². The molecule has 2 nitrogen and oxygen atoms in total. The van der Waals surface area contributed by atoms with Gasteiger partial charge in [0.25, 0.3) is 0 Å². The minimum absolute atomic E-state index is 0. The van der Waals surface area contributed by atoms with Gasteiger partial charge in [-0.15, -0.1) is 0 Å². The largest absolute Gasteiger partial charge is 0.412 e. The summed E-state index contributed by atoms with van der Waals surface area (Å²) in [5.74, 6) is 0. The monoisotopic (exact) mass is 189 g/mol. The lowest BCUT2D eigenvalue weighted by molar-refractivity contribution is 0.701. The zero-order chi connectivity index (χ0) is 8.16. The number of hydrogen-bond donors (Lipinski definition) is 1. The van der Waals surface area contributed by atoms with Crippen LogP contribution in [-0.2, 0) is 0 Å². The predicted molar refractivity (Wildman–Crippen MR) is 57.2 cm³/mol. The molecule has 1 aliphatic rings. The highest BCUT2D eigenvalue weighted by atomic mass is 28.3. The van der Waals surface area contributed by atoms with Gasteiger partial charge in [0.05, 0.1) is 8.07 Å². The lowest BCUT2D eigenvalue weighted by atomic mass is 10.3. The van der Waals surface area contributed by atoms with Gasteiger partial charge in [-0.25, -0.2) is 0 Å². The Morgan fingerprint density at radius 3 is 2.25 bits per heavy atom. The Balaban J connectivity index is 0.00000121. The average Bonchev–Trinajstić information content (AvgIpc) is 2.03. The van der Waals surface area contributed by atoms with Gasteiger partial charge in [-0.05, 0) is 13.0 Å². The van der Waals surface area contributed by atoms with Crippen LogP contribution in [0.25, 0.3) is 0 Å². The Bertz CT molecular complexity index is 113. The minimum Gasteiger partial charge on any atom is -0.412 e. The second-order valence-electron chi connectivity index (χ2n) is 4.26. The third-order valence-corrected chi connectivity index (χ3v) is 7.73. The van der Waals surface area contributed by atoms with Crippen molar-refractivity contribution < 1.29 is 5.48 Å². The fourth-order valence-corrected chi connectivity index (χ4v) is 6.20. The normalized spacial score (nSPS) is 21.5. The quantitative estimate of drug-likeness (QED) is 0.676. The molecule has 0 saturated carbocycles.